The second kappa shape index (κ2) is 8.89. The van der Waals surface area contributed by atoms with Gasteiger partial charge < -0.3 is 30.1 Å². The molecule has 2 saturated heterocycles. The normalized spacial score (nSPS) is 29.8. The summed E-state index contributed by atoms with van der Waals surface area (Å²) >= 11 is 0. The number of hydrogen-bond donors (Lipinski definition) is 4. The number of aliphatic hydroxyl groups is 3. The molecule has 1 aromatic heterocycles. The molecule has 2 fully saturated rings. The first-order valence-corrected chi connectivity index (χ1v) is 8.86. The van der Waals surface area contributed by atoms with Crippen LogP contribution in [0, 0.1) is 0 Å². The largest absolute Gasteiger partial charge is 0.394 e. The molecule has 0 amide bonds. The predicted octanol–water partition coefficient (Wildman–Crippen LogP) is -2.01. The molecule has 0 bridgehead atoms. The summed E-state index contributed by atoms with van der Waals surface area (Å²) in [6.45, 7) is 4.62. The molecule has 0 spiro atoms. The molecule has 10 heteroatoms. The Bertz CT molecular complexity index is 635. The molecular weight excluding hydrogens is 344 g/mol. The van der Waals surface area contributed by atoms with E-state index in [1.807, 2.05) is 0 Å². The lowest BCUT2D eigenvalue weighted by Gasteiger charge is -2.26. The highest BCUT2D eigenvalue weighted by Gasteiger charge is 2.43. The van der Waals surface area contributed by atoms with E-state index in [0.29, 0.717) is 12.4 Å². The average molecular weight is 370 g/mol. The molecule has 26 heavy (non-hydrogen) atoms. The first kappa shape index (κ1) is 19.2. The Kier molecular flexibility index (Phi) is 6.57. The van der Waals surface area contributed by atoms with Gasteiger partial charge in [-0.2, -0.15) is 4.98 Å². The van der Waals surface area contributed by atoms with Gasteiger partial charge in [0.05, 0.1) is 19.8 Å². The topological polar surface area (TPSA) is 129 Å². The van der Waals surface area contributed by atoms with E-state index < -0.39 is 36.8 Å². The summed E-state index contributed by atoms with van der Waals surface area (Å²) < 4.78 is 11.8. The quantitative estimate of drug-likeness (QED) is 0.402. The number of morpholine rings is 1. The van der Waals surface area contributed by atoms with Crippen molar-refractivity contribution >= 4 is 5.82 Å². The molecule has 1 aromatic rings. The van der Waals surface area contributed by atoms with E-state index in [4.69, 9.17) is 14.6 Å². The minimum absolute atomic E-state index is 0.444. The van der Waals surface area contributed by atoms with Gasteiger partial charge in [-0.3, -0.25) is 9.47 Å². The van der Waals surface area contributed by atoms with Crippen LogP contribution in [0.5, 0.6) is 0 Å². The Morgan fingerprint density at radius 1 is 1.27 bits per heavy atom. The van der Waals surface area contributed by atoms with Crippen LogP contribution in [-0.2, 0) is 9.47 Å². The maximum Gasteiger partial charge on any atom is 0.351 e. The Balaban J connectivity index is 1.52. The van der Waals surface area contributed by atoms with Crippen LogP contribution in [0.1, 0.15) is 12.6 Å². The summed E-state index contributed by atoms with van der Waals surface area (Å²) in [6.07, 6.45) is -2.19. The molecule has 0 saturated carbocycles. The summed E-state index contributed by atoms with van der Waals surface area (Å²) in [7, 11) is 0. The van der Waals surface area contributed by atoms with Crippen LogP contribution in [0.15, 0.2) is 17.1 Å². The molecule has 10 nitrogen and oxygen atoms in total. The fourth-order valence-corrected chi connectivity index (χ4v) is 3.16. The van der Waals surface area contributed by atoms with Gasteiger partial charge in [0.1, 0.15) is 24.1 Å². The van der Waals surface area contributed by atoms with Gasteiger partial charge in [0.15, 0.2) is 6.23 Å². The molecule has 146 valence electrons. The molecule has 2 aliphatic rings. The number of ether oxygens (including phenoxy) is 2. The van der Waals surface area contributed by atoms with Crippen molar-refractivity contribution in [2.75, 3.05) is 51.3 Å². The van der Waals surface area contributed by atoms with E-state index in [1.165, 1.54) is 6.20 Å². The van der Waals surface area contributed by atoms with Gasteiger partial charge in [0.2, 0.25) is 0 Å². The first-order chi connectivity index (χ1) is 12.6. The number of hydrogen-bond acceptors (Lipinski definition) is 9. The van der Waals surface area contributed by atoms with Crippen molar-refractivity contribution in [3.05, 3.63) is 22.7 Å². The standard InChI is InChI=1S/C16H26N4O6/c21-10-11-13(22)14(23)15(26-11)20-5-2-12(18-16(20)24)17-3-1-4-19-6-8-25-9-7-19/h2,5,11,13-15,21-23H,1,3-4,6-10H2,(H,17,18,24). The van der Waals surface area contributed by atoms with Crippen molar-refractivity contribution in [2.45, 2.75) is 31.0 Å². The Hall–Kier alpha value is -1.56. The van der Waals surface area contributed by atoms with Crippen molar-refractivity contribution in [1.29, 1.82) is 0 Å². The number of anilines is 1. The number of nitrogens with one attached hydrogen (secondary N) is 1. The number of rotatable bonds is 7. The third-order valence-corrected chi connectivity index (χ3v) is 4.68. The van der Waals surface area contributed by atoms with Gasteiger partial charge in [-0.1, -0.05) is 0 Å². The maximum absolute atomic E-state index is 12.2. The van der Waals surface area contributed by atoms with Crippen LogP contribution in [0.25, 0.3) is 0 Å². The van der Waals surface area contributed by atoms with Gasteiger partial charge >= 0.3 is 5.69 Å². The minimum Gasteiger partial charge on any atom is -0.394 e. The highest BCUT2D eigenvalue weighted by atomic mass is 16.6. The lowest BCUT2D eigenvalue weighted by Crippen LogP contribution is -2.37. The van der Waals surface area contributed by atoms with E-state index in [0.717, 1.165) is 43.8 Å². The van der Waals surface area contributed by atoms with Crippen molar-refractivity contribution in [3.8, 4) is 0 Å². The summed E-state index contributed by atoms with van der Waals surface area (Å²) in [5, 5.41) is 32.0. The molecule has 0 radical (unpaired) electrons. The van der Waals surface area contributed by atoms with E-state index >= 15 is 0 Å². The molecular formula is C16H26N4O6. The molecule has 2 aliphatic heterocycles. The molecule has 4 unspecified atom stereocenters. The Morgan fingerprint density at radius 2 is 2.04 bits per heavy atom. The number of nitrogens with zero attached hydrogens (tertiary/aromatic N) is 3. The van der Waals surface area contributed by atoms with Crippen molar-refractivity contribution in [3.63, 3.8) is 0 Å². The number of aromatic nitrogens is 2. The lowest BCUT2D eigenvalue weighted by atomic mass is 10.1. The predicted molar refractivity (Wildman–Crippen MR) is 91.9 cm³/mol. The fourth-order valence-electron chi connectivity index (χ4n) is 3.16. The fraction of sp³-hybridized carbons (Fsp3) is 0.750. The molecule has 4 N–H and O–H groups in total. The monoisotopic (exact) mass is 370 g/mol. The highest BCUT2D eigenvalue weighted by molar-refractivity contribution is 5.31. The van der Waals surface area contributed by atoms with Crippen molar-refractivity contribution < 1.29 is 24.8 Å². The zero-order chi connectivity index (χ0) is 18.5. The van der Waals surface area contributed by atoms with Crippen molar-refractivity contribution in [2.24, 2.45) is 0 Å². The zero-order valence-corrected chi connectivity index (χ0v) is 14.5. The van der Waals surface area contributed by atoms with E-state index in [9.17, 15) is 15.0 Å². The van der Waals surface area contributed by atoms with E-state index in [1.54, 1.807) is 6.07 Å². The smallest absolute Gasteiger partial charge is 0.351 e. The van der Waals surface area contributed by atoms with Gasteiger partial charge in [0.25, 0.3) is 0 Å². The average Bonchev–Trinajstić information content (AvgIpc) is 2.94. The van der Waals surface area contributed by atoms with E-state index in [2.05, 4.69) is 15.2 Å². The summed E-state index contributed by atoms with van der Waals surface area (Å²) in [5.41, 5.74) is -0.599. The van der Waals surface area contributed by atoms with Crippen LogP contribution in [-0.4, -0.2) is 94.1 Å². The summed E-state index contributed by atoms with van der Waals surface area (Å²) in [5.74, 6) is 0.444. The van der Waals surface area contributed by atoms with Gasteiger partial charge in [-0.05, 0) is 19.0 Å². The third-order valence-electron chi connectivity index (χ3n) is 4.68. The molecule has 4 atom stereocenters. The second-order valence-electron chi connectivity index (χ2n) is 6.47. The van der Waals surface area contributed by atoms with Crippen LogP contribution in [0.2, 0.25) is 0 Å². The van der Waals surface area contributed by atoms with Gasteiger partial charge in [-0.15, -0.1) is 0 Å². The first-order valence-electron chi connectivity index (χ1n) is 8.86. The van der Waals surface area contributed by atoms with Crippen LogP contribution in [0.4, 0.5) is 5.82 Å². The SMILES string of the molecule is O=c1nc(NCCCN2CCOCC2)ccn1C1OC(CO)C(O)C1O. The molecule has 3 heterocycles. The van der Waals surface area contributed by atoms with Gasteiger partial charge in [0, 0.05) is 25.8 Å². The Morgan fingerprint density at radius 3 is 2.69 bits per heavy atom. The Labute approximate surface area is 151 Å². The van der Waals surface area contributed by atoms with Crippen LogP contribution < -0.4 is 11.0 Å². The minimum atomic E-state index is -1.31. The highest BCUT2D eigenvalue weighted by Crippen LogP contribution is 2.28. The molecule has 0 aromatic carbocycles. The van der Waals surface area contributed by atoms with Crippen LogP contribution >= 0.6 is 0 Å². The lowest BCUT2D eigenvalue weighted by molar-refractivity contribution is -0.0549. The van der Waals surface area contributed by atoms with E-state index in [-0.39, 0.29) is 0 Å². The zero-order valence-electron chi connectivity index (χ0n) is 14.5. The van der Waals surface area contributed by atoms with Crippen molar-refractivity contribution in [1.82, 2.24) is 14.5 Å². The summed E-state index contributed by atoms with van der Waals surface area (Å²) in [4.78, 5) is 18.5. The second-order valence-corrected chi connectivity index (χ2v) is 6.47. The van der Waals surface area contributed by atoms with Crippen LogP contribution in [0.3, 0.4) is 0 Å². The molecule has 3 rings (SSSR count). The summed E-state index contributed by atoms with van der Waals surface area (Å²) in [6, 6.07) is 1.62. The van der Waals surface area contributed by atoms with Gasteiger partial charge in [-0.25, -0.2) is 4.79 Å². The molecule has 0 aliphatic carbocycles. The maximum atomic E-state index is 12.2. The third kappa shape index (κ3) is 4.40. The number of aliphatic hydroxyl groups excluding tert-OH is 3.